The highest BCUT2D eigenvalue weighted by Gasteiger charge is 2.11. The normalized spacial score (nSPS) is 10.2. The molecule has 0 saturated heterocycles. The molecule has 0 aliphatic rings. The van der Waals surface area contributed by atoms with Gasteiger partial charge in [-0.1, -0.05) is 6.92 Å². The quantitative estimate of drug-likeness (QED) is 0.624. The number of aromatic carboxylic acids is 1. The average molecular weight is 185 g/mol. The molecule has 0 atom stereocenters. The van der Waals surface area contributed by atoms with Crippen molar-refractivity contribution in [1.82, 2.24) is 15.5 Å². The van der Waals surface area contributed by atoms with E-state index >= 15 is 0 Å². The second-order valence-electron chi connectivity index (χ2n) is 2.42. The number of aromatic nitrogens is 2. The minimum absolute atomic E-state index is 0.286. The van der Waals surface area contributed by atoms with E-state index in [-0.39, 0.29) is 5.82 Å². The van der Waals surface area contributed by atoms with Crippen molar-refractivity contribution in [3.05, 3.63) is 11.7 Å². The van der Waals surface area contributed by atoms with Crippen molar-refractivity contribution in [2.75, 3.05) is 13.1 Å². The van der Waals surface area contributed by atoms with Crippen LogP contribution in [0.2, 0.25) is 0 Å². The number of hydrogen-bond donors (Lipinski definition) is 2. The van der Waals surface area contributed by atoms with E-state index in [4.69, 9.17) is 9.63 Å². The summed E-state index contributed by atoms with van der Waals surface area (Å²) in [4.78, 5) is 14.0. The van der Waals surface area contributed by atoms with Gasteiger partial charge in [-0.05, 0) is 11.7 Å². The molecule has 1 rings (SSSR count). The molecule has 0 bridgehead atoms. The zero-order chi connectivity index (χ0) is 9.68. The fraction of sp³-hybridized carbons (Fsp3) is 0.571. The Hall–Kier alpha value is -1.43. The molecule has 0 aliphatic carbocycles. The van der Waals surface area contributed by atoms with Crippen LogP contribution in [0.25, 0.3) is 0 Å². The molecule has 0 radical (unpaired) electrons. The molecule has 0 saturated carbocycles. The maximum absolute atomic E-state index is 10.3. The molecule has 0 spiro atoms. The number of carboxylic acids is 1. The summed E-state index contributed by atoms with van der Waals surface area (Å²) in [7, 11) is 0. The molecule has 0 amide bonds. The summed E-state index contributed by atoms with van der Waals surface area (Å²) in [6.45, 7) is 3.55. The Labute approximate surface area is 74.9 Å². The standard InChI is InChI=1S/C7H11N3O3/c1-2-8-4-3-5-9-6(7(11)12)10-13-5/h8H,2-4H2,1H3,(H,11,12). The lowest BCUT2D eigenvalue weighted by Gasteiger charge is -1.94. The molecule has 6 nitrogen and oxygen atoms in total. The van der Waals surface area contributed by atoms with Crippen LogP contribution in [0.1, 0.15) is 23.4 Å². The van der Waals surface area contributed by atoms with E-state index in [9.17, 15) is 4.79 Å². The number of nitrogens with zero attached hydrogens (tertiary/aromatic N) is 2. The van der Waals surface area contributed by atoms with Gasteiger partial charge in [0.2, 0.25) is 5.89 Å². The SMILES string of the molecule is CCNCCc1nc(C(=O)O)no1. The number of carboxylic acid groups (broad SMARTS) is 1. The molecule has 0 aliphatic heterocycles. The molecule has 2 N–H and O–H groups in total. The van der Waals surface area contributed by atoms with Crippen molar-refractivity contribution in [2.45, 2.75) is 13.3 Å². The summed E-state index contributed by atoms with van der Waals surface area (Å²) < 4.78 is 4.69. The number of rotatable bonds is 5. The maximum atomic E-state index is 10.3. The first-order valence-electron chi connectivity index (χ1n) is 4.00. The minimum atomic E-state index is -1.17. The lowest BCUT2D eigenvalue weighted by molar-refractivity contribution is 0.0680. The largest absolute Gasteiger partial charge is 0.475 e. The van der Waals surface area contributed by atoms with E-state index < -0.39 is 5.97 Å². The zero-order valence-electron chi connectivity index (χ0n) is 7.28. The Morgan fingerprint density at radius 2 is 2.46 bits per heavy atom. The molecule has 72 valence electrons. The van der Waals surface area contributed by atoms with E-state index in [2.05, 4.69) is 15.5 Å². The van der Waals surface area contributed by atoms with Gasteiger partial charge >= 0.3 is 5.97 Å². The van der Waals surface area contributed by atoms with Crippen molar-refractivity contribution in [3.63, 3.8) is 0 Å². The van der Waals surface area contributed by atoms with Crippen LogP contribution in [-0.4, -0.2) is 34.3 Å². The van der Waals surface area contributed by atoms with Crippen LogP contribution < -0.4 is 5.32 Å². The van der Waals surface area contributed by atoms with Gasteiger partial charge in [0.05, 0.1) is 0 Å². The van der Waals surface area contributed by atoms with E-state index in [1.54, 1.807) is 0 Å². The summed E-state index contributed by atoms with van der Waals surface area (Å²) in [6, 6.07) is 0. The first kappa shape index (κ1) is 9.66. The summed E-state index contributed by atoms with van der Waals surface area (Å²) in [6.07, 6.45) is 0.550. The van der Waals surface area contributed by atoms with Crippen LogP contribution in [-0.2, 0) is 6.42 Å². The third-order valence-electron chi connectivity index (χ3n) is 1.43. The molecule has 0 fully saturated rings. The number of likely N-dealkylation sites (N-methyl/N-ethyl adjacent to an activating group) is 1. The zero-order valence-corrected chi connectivity index (χ0v) is 7.28. The van der Waals surface area contributed by atoms with Crippen molar-refractivity contribution in [3.8, 4) is 0 Å². The van der Waals surface area contributed by atoms with Crippen LogP contribution in [0, 0.1) is 0 Å². The molecule has 0 unspecified atom stereocenters. The first-order valence-corrected chi connectivity index (χ1v) is 4.00. The highest BCUT2D eigenvalue weighted by Crippen LogP contribution is 1.97. The molecular weight excluding hydrogens is 174 g/mol. The molecule has 1 aromatic rings. The second kappa shape index (κ2) is 4.56. The van der Waals surface area contributed by atoms with Gasteiger partial charge in [-0.3, -0.25) is 0 Å². The molecule has 1 aromatic heterocycles. The van der Waals surface area contributed by atoms with Gasteiger partial charge < -0.3 is 14.9 Å². The lowest BCUT2D eigenvalue weighted by Crippen LogP contribution is -2.16. The Bertz CT molecular complexity index is 284. The Morgan fingerprint density at radius 3 is 3.00 bits per heavy atom. The molecule has 13 heavy (non-hydrogen) atoms. The second-order valence-corrected chi connectivity index (χ2v) is 2.42. The van der Waals surface area contributed by atoms with Crippen molar-refractivity contribution in [1.29, 1.82) is 0 Å². The van der Waals surface area contributed by atoms with Gasteiger partial charge in [-0.15, -0.1) is 0 Å². The highest BCUT2D eigenvalue weighted by molar-refractivity contribution is 5.82. The Balaban J connectivity index is 2.44. The van der Waals surface area contributed by atoms with Crippen LogP contribution in [0.3, 0.4) is 0 Å². The van der Waals surface area contributed by atoms with Gasteiger partial charge in [0.25, 0.3) is 5.82 Å². The average Bonchev–Trinajstić information content (AvgIpc) is 2.53. The summed E-state index contributed by atoms with van der Waals surface area (Å²) in [5.41, 5.74) is 0. The van der Waals surface area contributed by atoms with E-state index in [1.807, 2.05) is 6.92 Å². The smallest absolute Gasteiger partial charge is 0.377 e. The minimum Gasteiger partial charge on any atom is -0.475 e. The fourth-order valence-electron chi connectivity index (χ4n) is 0.815. The topological polar surface area (TPSA) is 88.2 Å². The summed E-state index contributed by atoms with van der Waals surface area (Å²) >= 11 is 0. The van der Waals surface area contributed by atoms with E-state index in [1.165, 1.54) is 0 Å². The van der Waals surface area contributed by atoms with Gasteiger partial charge in [-0.25, -0.2) is 4.79 Å². The van der Waals surface area contributed by atoms with Gasteiger partial charge in [0.15, 0.2) is 0 Å². The van der Waals surface area contributed by atoms with E-state index in [0.29, 0.717) is 18.9 Å². The van der Waals surface area contributed by atoms with Gasteiger partial charge in [-0.2, -0.15) is 4.98 Å². The number of hydrogen-bond acceptors (Lipinski definition) is 5. The predicted molar refractivity (Wildman–Crippen MR) is 43.5 cm³/mol. The highest BCUT2D eigenvalue weighted by atomic mass is 16.5. The first-order chi connectivity index (χ1) is 6.24. The third-order valence-corrected chi connectivity index (χ3v) is 1.43. The molecule has 1 heterocycles. The summed E-state index contributed by atoms with van der Waals surface area (Å²) in [5, 5.41) is 14.8. The Morgan fingerprint density at radius 1 is 1.69 bits per heavy atom. The van der Waals surface area contributed by atoms with Crippen LogP contribution in [0.15, 0.2) is 4.52 Å². The fourth-order valence-corrected chi connectivity index (χ4v) is 0.815. The van der Waals surface area contributed by atoms with Gasteiger partial charge in [0, 0.05) is 13.0 Å². The summed E-state index contributed by atoms with van der Waals surface area (Å²) in [5.74, 6) is -1.11. The third kappa shape index (κ3) is 2.83. The van der Waals surface area contributed by atoms with Gasteiger partial charge in [0.1, 0.15) is 0 Å². The van der Waals surface area contributed by atoms with E-state index in [0.717, 1.165) is 6.54 Å². The molecular formula is C7H11N3O3. The van der Waals surface area contributed by atoms with Crippen molar-refractivity contribution in [2.24, 2.45) is 0 Å². The van der Waals surface area contributed by atoms with Crippen LogP contribution in [0.5, 0.6) is 0 Å². The molecule has 0 aromatic carbocycles. The van der Waals surface area contributed by atoms with Crippen molar-refractivity contribution < 1.29 is 14.4 Å². The van der Waals surface area contributed by atoms with Crippen LogP contribution in [0.4, 0.5) is 0 Å². The monoisotopic (exact) mass is 185 g/mol. The van der Waals surface area contributed by atoms with Crippen molar-refractivity contribution >= 4 is 5.97 Å². The maximum Gasteiger partial charge on any atom is 0.377 e. The molecule has 6 heteroatoms. The Kier molecular flexibility index (Phi) is 3.39. The van der Waals surface area contributed by atoms with Crippen LogP contribution >= 0.6 is 0 Å². The predicted octanol–water partition coefficient (Wildman–Crippen LogP) is -0.0802. The number of nitrogens with one attached hydrogen (secondary N) is 1. The lowest BCUT2D eigenvalue weighted by atomic mass is 10.4. The number of carbonyl (C=O) groups is 1.